The molecule has 1 N–H and O–H groups in total. The Morgan fingerprint density at radius 1 is 1.16 bits per heavy atom. The van der Waals surface area contributed by atoms with Crippen molar-refractivity contribution in [1.82, 2.24) is 20.2 Å². The second kappa shape index (κ2) is 7.93. The predicted molar refractivity (Wildman–Crippen MR) is 95.5 cm³/mol. The zero-order valence-corrected chi connectivity index (χ0v) is 15.2. The lowest BCUT2D eigenvalue weighted by Crippen LogP contribution is -2.48. The Morgan fingerprint density at radius 2 is 1.80 bits per heavy atom. The first-order valence-corrected chi connectivity index (χ1v) is 9.04. The maximum absolute atomic E-state index is 9.63. The molecule has 3 atom stereocenters. The van der Waals surface area contributed by atoms with Gasteiger partial charge >= 0.3 is 0 Å². The van der Waals surface area contributed by atoms with Crippen LogP contribution in [0.1, 0.15) is 50.8 Å². The zero-order valence-electron chi connectivity index (χ0n) is 15.2. The molecule has 7 heteroatoms. The van der Waals surface area contributed by atoms with Crippen molar-refractivity contribution in [3.63, 3.8) is 0 Å². The van der Waals surface area contributed by atoms with Gasteiger partial charge < -0.3 is 14.7 Å². The minimum atomic E-state index is -0.456. The zero-order chi connectivity index (χ0) is 17.8. The monoisotopic (exact) mass is 345 g/mol. The molecule has 0 radical (unpaired) electrons. The van der Waals surface area contributed by atoms with Crippen LogP contribution >= 0.6 is 0 Å². The highest BCUT2D eigenvalue weighted by molar-refractivity contribution is 5.31. The van der Waals surface area contributed by atoms with Crippen molar-refractivity contribution in [2.24, 2.45) is 0 Å². The van der Waals surface area contributed by atoms with E-state index in [0.29, 0.717) is 6.54 Å². The van der Waals surface area contributed by atoms with Crippen LogP contribution in [0.5, 0.6) is 0 Å². The van der Waals surface area contributed by atoms with E-state index in [9.17, 15) is 5.11 Å². The molecule has 1 aromatic heterocycles. The Hall–Kier alpha value is -1.99. The van der Waals surface area contributed by atoms with Crippen LogP contribution in [-0.2, 0) is 11.3 Å². The molecule has 1 aliphatic heterocycles. The maximum atomic E-state index is 9.63. The van der Waals surface area contributed by atoms with E-state index in [1.54, 1.807) is 6.92 Å². The van der Waals surface area contributed by atoms with Crippen LogP contribution in [0, 0.1) is 0 Å². The van der Waals surface area contributed by atoms with Gasteiger partial charge in [-0.25, -0.2) is 4.68 Å². The molecule has 3 rings (SSSR count). The van der Waals surface area contributed by atoms with Gasteiger partial charge in [0.25, 0.3) is 0 Å². The van der Waals surface area contributed by atoms with Gasteiger partial charge in [0, 0.05) is 13.1 Å². The summed E-state index contributed by atoms with van der Waals surface area (Å²) < 4.78 is 7.90. The SMILES string of the molecule is CCC1CN(c2nnnn2Cc2ccc(C(C)O)cc2)CC(CC)O1. The van der Waals surface area contributed by atoms with E-state index in [2.05, 4.69) is 34.3 Å². The van der Waals surface area contributed by atoms with Crippen molar-refractivity contribution in [2.75, 3.05) is 18.0 Å². The number of benzene rings is 1. The molecule has 1 aliphatic rings. The molecule has 0 aliphatic carbocycles. The average Bonchev–Trinajstić information content (AvgIpc) is 3.09. The number of aromatic nitrogens is 4. The van der Waals surface area contributed by atoms with Crippen molar-refractivity contribution < 1.29 is 9.84 Å². The summed E-state index contributed by atoms with van der Waals surface area (Å²) in [6, 6.07) is 7.91. The maximum Gasteiger partial charge on any atom is 0.246 e. The predicted octanol–water partition coefficient (Wildman–Crippen LogP) is 2.17. The average molecular weight is 345 g/mol. The summed E-state index contributed by atoms with van der Waals surface area (Å²) in [4.78, 5) is 2.23. The Balaban J connectivity index is 1.75. The fourth-order valence-corrected chi connectivity index (χ4v) is 3.14. The minimum Gasteiger partial charge on any atom is -0.389 e. The van der Waals surface area contributed by atoms with Crippen molar-refractivity contribution >= 4 is 5.95 Å². The third kappa shape index (κ3) is 4.16. The Kier molecular flexibility index (Phi) is 5.65. The van der Waals surface area contributed by atoms with Crippen LogP contribution in [-0.4, -0.2) is 50.6 Å². The van der Waals surface area contributed by atoms with Gasteiger partial charge in [-0.15, -0.1) is 0 Å². The summed E-state index contributed by atoms with van der Waals surface area (Å²) in [5.74, 6) is 0.791. The van der Waals surface area contributed by atoms with Gasteiger partial charge in [0.15, 0.2) is 0 Å². The summed E-state index contributed by atoms with van der Waals surface area (Å²) in [7, 11) is 0. The van der Waals surface area contributed by atoms with Gasteiger partial charge in [0.1, 0.15) is 0 Å². The highest BCUT2D eigenvalue weighted by atomic mass is 16.5. The van der Waals surface area contributed by atoms with Crippen LogP contribution in [0.4, 0.5) is 5.95 Å². The van der Waals surface area contributed by atoms with E-state index in [1.807, 2.05) is 28.9 Å². The molecule has 25 heavy (non-hydrogen) atoms. The van der Waals surface area contributed by atoms with E-state index in [4.69, 9.17) is 4.74 Å². The molecule has 0 spiro atoms. The first kappa shape index (κ1) is 17.8. The number of hydrogen-bond acceptors (Lipinski definition) is 6. The number of anilines is 1. The summed E-state index contributed by atoms with van der Waals surface area (Å²) in [5.41, 5.74) is 2.01. The second-order valence-electron chi connectivity index (χ2n) is 6.66. The lowest BCUT2D eigenvalue weighted by atomic mass is 10.1. The largest absolute Gasteiger partial charge is 0.389 e. The van der Waals surface area contributed by atoms with Crippen LogP contribution in [0.3, 0.4) is 0 Å². The van der Waals surface area contributed by atoms with Crippen LogP contribution in [0.25, 0.3) is 0 Å². The van der Waals surface area contributed by atoms with Crippen LogP contribution < -0.4 is 4.90 Å². The van der Waals surface area contributed by atoms with Gasteiger partial charge in [-0.3, -0.25) is 0 Å². The summed E-state index contributed by atoms with van der Waals surface area (Å²) in [5, 5.41) is 21.9. The highest BCUT2D eigenvalue weighted by Gasteiger charge is 2.28. The van der Waals surface area contributed by atoms with Crippen LogP contribution in [0.2, 0.25) is 0 Å². The van der Waals surface area contributed by atoms with E-state index in [1.165, 1.54) is 0 Å². The number of ether oxygens (including phenoxy) is 1. The summed E-state index contributed by atoms with van der Waals surface area (Å²) in [6.07, 6.45) is 1.94. The number of tetrazole rings is 1. The Bertz CT molecular complexity index is 658. The molecule has 0 amide bonds. The van der Waals surface area contributed by atoms with Gasteiger partial charge in [0.2, 0.25) is 5.95 Å². The minimum absolute atomic E-state index is 0.217. The molecule has 1 fully saturated rings. The van der Waals surface area contributed by atoms with Gasteiger partial charge in [-0.2, -0.15) is 0 Å². The standard InChI is InChI=1S/C18H27N5O2/c1-4-16-11-22(12-17(5-2)25-16)18-19-20-21-23(18)10-14-6-8-15(9-7-14)13(3)24/h6-9,13,16-17,24H,4-5,10-12H2,1-3H3. The van der Waals surface area contributed by atoms with Crippen molar-refractivity contribution in [2.45, 2.75) is 58.5 Å². The molecule has 0 saturated carbocycles. The van der Waals surface area contributed by atoms with Crippen LogP contribution in [0.15, 0.2) is 24.3 Å². The molecule has 136 valence electrons. The number of nitrogens with zero attached hydrogens (tertiary/aromatic N) is 5. The smallest absolute Gasteiger partial charge is 0.246 e. The number of rotatable bonds is 6. The van der Waals surface area contributed by atoms with E-state index in [0.717, 1.165) is 43.0 Å². The van der Waals surface area contributed by atoms with E-state index in [-0.39, 0.29) is 12.2 Å². The molecule has 2 aromatic rings. The molecular weight excluding hydrogens is 318 g/mol. The fourth-order valence-electron chi connectivity index (χ4n) is 3.14. The van der Waals surface area contributed by atoms with Gasteiger partial charge in [-0.05, 0) is 41.3 Å². The number of aliphatic hydroxyl groups excluding tert-OH is 1. The lowest BCUT2D eigenvalue weighted by Gasteiger charge is -2.37. The third-order valence-corrected chi connectivity index (χ3v) is 4.73. The molecule has 1 saturated heterocycles. The second-order valence-corrected chi connectivity index (χ2v) is 6.66. The molecule has 1 aromatic carbocycles. The van der Waals surface area contributed by atoms with Gasteiger partial charge in [0.05, 0.1) is 24.9 Å². The molecule has 2 heterocycles. The first-order chi connectivity index (χ1) is 12.1. The van der Waals surface area contributed by atoms with Crippen molar-refractivity contribution in [3.05, 3.63) is 35.4 Å². The van der Waals surface area contributed by atoms with E-state index < -0.39 is 6.10 Å². The number of aliphatic hydroxyl groups is 1. The molecule has 3 unspecified atom stereocenters. The quantitative estimate of drug-likeness (QED) is 0.865. The Labute approximate surface area is 148 Å². The third-order valence-electron chi connectivity index (χ3n) is 4.73. The molecule has 0 bridgehead atoms. The molecule has 7 nitrogen and oxygen atoms in total. The first-order valence-electron chi connectivity index (χ1n) is 9.04. The van der Waals surface area contributed by atoms with Crippen molar-refractivity contribution in [3.8, 4) is 0 Å². The normalized spacial score (nSPS) is 22.2. The van der Waals surface area contributed by atoms with Gasteiger partial charge in [-0.1, -0.05) is 43.2 Å². The summed E-state index contributed by atoms with van der Waals surface area (Å²) in [6.45, 7) is 8.29. The number of hydrogen-bond donors (Lipinski definition) is 1. The molecular formula is C18H27N5O2. The topological polar surface area (TPSA) is 76.3 Å². The fraction of sp³-hybridized carbons (Fsp3) is 0.611. The number of morpholine rings is 1. The van der Waals surface area contributed by atoms with E-state index >= 15 is 0 Å². The van der Waals surface area contributed by atoms with Crippen molar-refractivity contribution in [1.29, 1.82) is 0 Å². The lowest BCUT2D eigenvalue weighted by molar-refractivity contribution is -0.0292. The Morgan fingerprint density at radius 3 is 2.36 bits per heavy atom. The summed E-state index contributed by atoms with van der Waals surface area (Å²) >= 11 is 0. The highest BCUT2D eigenvalue weighted by Crippen LogP contribution is 2.21.